The van der Waals surface area contributed by atoms with E-state index in [1.54, 1.807) is 30.3 Å². The number of aliphatic hydroxyl groups excluding tert-OH is 1. The van der Waals surface area contributed by atoms with Crippen LogP contribution in [0, 0.1) is 10.1 Å². The van der Waals surface area contributed by atoms with Gasteiger partial charge in [-0.2, -0.15) is 0 Å². The van der Waals surface area contributed by atoms with Gasteiger partial charge in [0.05, 0.1) is 11.0 Å². The van der Waals surface area contributed by atoms with Gasteiger partial charge in [-0.1, -0.05) is 41.4 Å². The van der Waals surface area contributed by atoms with Crippen LogP contribution in [0.25, 0.3) is 0 Å². The van der Waals surface area contributed by atoms with Crippen LogP contribution in [0.1, 0.15) is 22.0 Å². The molecule has 0 saturated carbocycles. The molecule has 12 heteroatoms. The molecular formula is C20H19Cl2N3O7. The van der Waals surface area contributed by atoms with Gasteiger partial charge in [0, 0.05) is 17.7 Å². The molecule has 2 rings (SSSR count). The molecule has 0 spiro atoms. The zero-order chi connectivity index (χ0) is 23.7. The summed E-state index contributed by atoms with van der Waals surface area (Å²) >= 11 is 11.1. The number of rotatable bonds is 10. The Morgan fingerprint density at radius 2 is 1.69 bits per heavy atom. The first-order valence-electron chi connectivity index (χ1n) is 9.19. The molecule has 0 aliphatic rings. The molecule has 0 aromatic heterocycles. The molecular weight excluding hydrogens is 465 g/mol. The van der Waals surface area contributed by atoms with Crippen molar-refractivity contribution in [3.63, 3.8) is 0 Å². The molecule has 0 saturated heterocycles. The summed E-state index contributed by atoms with van der Waals surface area (Å²) in [4.78, 5) is 44.6. The second-order valence-corrected chi connectivity index (χ2v) is 7.54. The maximum Gasteiger partial charge on any atom is 0.325 e. The van der Waals surface area contributed by atoms with Crippen LogP contribution in [-0.4, -0.2) is 51.8 Å². The fourth-order valence-electron chi connectivity index (χ4n) is 2.56. The van der Waals surface area contributed by atoms with E-state index in [0.29, 0.717) is 5.56 Å². The van der Waals surface area contributed by atoms with Crippen LogP contribution in [0.3, 0.4) is 0 Å². The van der Waals surface area contributed by atoms with E-state index in [4.69, 9.17) is 27.9 Å². The number of amides is 2. The van der Waals surface area contributed by atoms with Crippen molar-refractivity contribution in [2.45, 2.75) is 17.0 Å². The van der Waals surface area contributed by atoms with E-state index >= 15 is 0 Å². The zero-order valence-electron chi connectivity index (χ0n) is 16.4. The number of nitro benzene ring substituents is 1. The summed E-state index contributed by atoms with van der Waals surface area (Å²) in [5, 5.41) is 26.1. The number of aliphatic hydroxyl groups is 1. The van der Waals surface area contributed by atoms with Gasteiger partial charge >= 0.3 is 5.97 Å². The average Bonchev–Trinajstić information content (AvgIpc) is 2.80. The van der Waals surface area contributed by atoms with Gasteiger partial charge in [0.25, 0.3) is 17.5 Å². The van der Waals surface area contributed by atoms with Gasteiger partial charge in [0.2, 0.25) is 0 Å². The van der Waals surface area contributed by atoms with E-state index < -0.39 is 52.8 Å². The first kappa shape index (κ1) is 25.1. The summed E-state index contributed by atoms with van der Waals surface area (Å²) in [6, 6.07) is 12.0. The van der Waals surface area contributed by atoms with Crippen LogP contribution in [0.4, 0.5) is 5.69 Å². The highest BCUT2D eigenvalue weighted by Crippen LogP contribution is 2.21. The lowest BCUT2D eigenvalue weighted by Gasteiger charge is -2.24. The Balaban J connectivity index is 1.99. The maximum absolute atomic E-state index is 12.0. The Kier molecular flexibility index (Phi) is 9.39. The molecule has 2 aromatic rings. The largest absolute Gasteiger partial charge is 0.462 e. The fourth-order valence-corrected chi connectivity index (χ4v) is 2.69. The molecule has 32 heavy (non-hydrogen) atoms. The van der Waals surface area contributed by atoms with Gasteiger partial charge < -0.3 is 20.5 Å². The Morgan fingerprint density at radius 3 is 2.25 bits per heavy atom. The van der Waals surface area contributed by atoms with E-state index in [-0.39, 0.29) is 11.3 Å². The highest BCUT2D eigenvalue weighted by atomic mass is 35.5. The highest BCUT2D eigenvalue weighted by Gasteiger charge is 2.27. The second kappa shape index (κ2) is 12.0. The first-order valence-corrected chi connectivity index (χ1v) is 10.1. The van der Waals surface area contributed by atoms with Crippen LogP contribution in [0.5, 0.6) is 0 Å². The number of hydrogen-bond donors (Lipinski definition) is 3. The van der Waals surface area contributed by atoms with E-state index in [9.17, 15) is 29.6 Å². The molecule has 3 N–H and O–H groups in total. The molecule has 2 amide bonds. The van der Waals surface area contributed by atoms with Crippen LogP contribution in [0.15, 0.2) is 54.6 Å². The third kappa shape index (κ3) is 7.49. The minimum atomic E-state index is -1.44. The molecule has 0 aliphatic heterocycles. The number of halogens is 2. The lowest BCUT2D eigenvalue weighted by molar-refractivity contribution is -0.384. The molecule has 2 aromatic carbocycles. The van der Waals surface area contributed by atoms with Gasteiger partial charge in [-0.15, -0.1) is 0 Å². The van der Waals surface area contributed by atoms with Crippen molar-refractivity contribution in [2.75, 3.05) is 13.2 Å². The van der Waals surface area contributed by atoms with Crippen molar-refractivity contribution in [3.8, 4) is 0 Å². The minimum absolute atomic E-state index is 0.191. The average molecular weight is 484 g/mol. The Hall–Kier alpha value is -3.21. The number of nitro groups is 1. The third-order valence-electron chi connectivity index (χ3n) is 4.21. The van der Waals surface area contributed by atoms with Crippen molar-refractivity contribution < 1.29 is 29.2 Å². The lowest BCUT2D eigenvalue weighted by Crippen LogP contribution is -2.45. The summed E-state index contributed by atoms with van der Waals surface area (Å²) in [6.45, 7) is -0.930. The molecule has 0 fully saturated rings. The topological polar surface area (TPSA) is 148 Å². The Labute approximate surface area is 192 Å². The van der Waals surface area contributed by atoms with Gasteiger partial charge in [-0.05, 0) is 29.8 Å². The molecule has 2 atom stereocenters. The van der Waals surface area contributed by atoms with Gasteiger partial charge in [-0.25, -0.2) is 0 Å². The number of alkyl halides is 2. The van der Waals surface area contributed by atoms with E-state index in [1.807, 2.05) is 0 Å². The van der Waals surface area contributed by atoms with Crippen LogP contribution in [0.2, 0.25) is 0 Å². The number of nitrogens with zero attached hydrogens (tertiary/aromatic N) is 1. The normalized spacial score (nSPS) is 12.5. The number of hydrogen-bond acceptors (Lipinski definition) is 7. The van der Waals surface area contributed by atoms with E-state index in [0.717, 1.165) is 0 Å². The minimum Gasteiger partial charge on any atom is -0.462 e. The maximum atomic E-state index is 12.0. The number of esters is 1. The molecule has 0 heterocycles. The number of nitrogens with one attached hydrogen (secondary N) is 2. The number of carbonyl (C=O) groups excluding carboxylic acids is 3. The number of benzene rings is 2. The number of carbonyl (C=O) groups is 3. The van der Waals surface area contributed by atoms with Crippen molar-refractivity contribution in [1.82, 2.24) is 10.6 Å². The molecule has 170 valence electrons. The second-order valence-electron chi connectivity index (χ2n) is 6.44. The molecule has 0 bridgehead atoms. The summed E-state index contributed by atoms with van der Waals surface area (Å²) in [5.41, 5.74) is 0.382. The predicted molar refractivity (Wildman–Crippen MR) is 115 cm³/mol. The Morgan fingerprint density at radius 1 is 1.06 bits per heavy atom. The van der Waals surface area contributed by atoms with Crippen LogP contribution >= 0.6 is 23.2 Å². The van der Waals surface area contributed by atoms with E-state index in [1.165, 1.54) is 24.3 Å². The van der Waals surface area contributed by atoms with Crippen LogP contribution < -0.4 is 10.6 Å². The SMILES string of the molecule is O=C(CNC(=O)c1ccccc1)OC[C@@H](NC(=O)C(Cl)Cl)[C@H](O)c1ccc([N+](=O)[O-])cc1. The highest BCUT2D eigenvalue weighted by molar-refractivity contribution is 6.53. The monoisotopic (exact) mass is 483 g/mol. The van der Waals surface area contributed by atoms with Gasteiger partial charge in [0.1, 0.15) is 19.3 Å². The van der Waals surface area contributed by atoms with Gasteiger partial charge in [-0.3, -0.25) is 24.5 Å². The Bertz CT molecular complexity index is 955. The molecule has 10 nitrogen and oxygen atoms in total. The fraction of sp³-hybridized carbons (Fsp3) is 0.250. The van der Waals surface area contributed by atoms with Crippen molar-refractivity contribution in [2.24, 2.45) is 0 Å². The lowest BCUT2D eigenvalue weighted by atomic mass is 10.0. The standard InChI is InChI=1S/C20H19Cl2N3O7/c21-18(22)20(29)24-15(17(27)12-6-8-14(9-7-12)25(30)31)11-32-16(26)10-23-19(28)13-4-2-1-3-5-13/h1-9,15,17-18,27H,10-11H2,(H,23,28)(H,24,29)/t15-,17-/m1/s1. The molecule has 0 radical (unpaired) electrons. The third-order valence-corrected chi connectivity index (χ3v) is 4.60. The summed E-state index contributed by atoms with van der Waals surface area (Å²) in [5.74, 6) is -2.14. The van der Waals surface area contributed by atoms with Crippen molar-refractivity contribution in [3.05, 3.63) is 75.8 Å². The first-order chi connectivity index (χ1) is 15.2. The number of non-ortho nitro benzene ring substituents is 1. The van der Waals surface area contributed by atoms with Crippen molar-refractivity contribution >= 4 is 46.7 Å². The smallest absolute Gasteiger partial charge is 0.325 e. The summed E-state index contributed by atoms with van der Waals surface area (Å²) < 4.78 is 5.05. The quantitative estimate of drug-likeness (QED) is 0.202. The molecule has 0 aliphatic carbocycles. The van der Waals surface area contributed by atoms with E-state index in [2.05, 4.69) is 10.6 Å². The zero-order valence-corrected chi connectivity index (χ0v) is 18.0. The van der Waals surface area contributed by atoms with Crippen molar-refractivity contribution in [1.29, 1.82) is 0 Å². The summed E-state index contributed by atoms with van der Waals surface area (Å²) in [6.07, 6.45) is -1.40. The van der Waals surface area contributed by atoms with Crippen LogP contribution in [-0.2, 0) is 14.3 Å². The van der Waals surface area contributed by atoms with Gasteiger partial charge in [0.15, 0.2) is 4.84 Å². The predicted octanol–water partition coefficient (Wildman–Crippen LogP) is 1.89. The number of ether oxygens (including phenoxy) is 1. The summed E-state index contributed by atoms with van der Waals surface area (Å²) in [7, 11) is 0. The molecule has 0 unspecified atom stereocenters.